The monoisotopic (exact) mass is 352 g/mol. The van der Waals surface area contributed by atoms with Crippen molar-refractivity contribution in [3.8, 4) is 5.75 Å². The van der Waals surface area contributed by atoms with Crippen LogP contribution in [0.1, 0.15) is 22.8 Å². The average molecular weight is 353 g/mol. The van der Waals surface area contributed by atoms with Crippen LogP contribution in [0.3, 0.4) is 0 Å². The van der Waals surface area contributed by atoms with E-state index in [1.54, 1.807) is 43.3 Å². The minimum Gasteiger partial charge on any atom is -0.481 e. The number of hydrogen-bond donors (Lipinski definition) is 0. The molecule has 23 heavy (non-hydrogen) atoms. The molecule has 0 bridgehead atoms. The van der Waals surface area contributed by atoms with Gasteiger partial charge in [-0.3, -0.25) is 4.79 Å². The lowest BCUT2D eigenvalue weighted by Crippen LogP contribution is -2.16. The third kappa shape index (κ3) is 4.71. The minimum atomic E-state index is -0.507. The molecule has 0 aromatic heterocycles. The second-order valence-electron chi connectivity index (χ2n) is 4.57. The number of esters is 1. The number of ether oxygens (including phenoxy) is 2. The van der Waals surface area contributed by atoms with Crippen LogP contribution in [-0.2, 0) is 9.53 Å². The van der Waals surface area contributed by atoms with Crippen molar-refractivity contribution >= 4 is 35.0 Å². The molecule has 0 radical (unpaired) electrons. The molecule has 0 saturated heterocycles. The van der Waals surface area contributed by atoms with Crippen molar-refractivity contribution in [2.24, 2.45) is 0 Å². The molecule has 6 heteroatoms. The average Bonchev–Trinajstić information content (AvgIpc) is 2.54. The fraction of sp³-hybridized carbons (Fsp3) is 0.176. The van der Waals surface area contributed by atoms with Gasteiger partial charge in [-0.25, -0.2) is 4.79 Å². The summed E-state index contributed by atoms with van der Waals surface area (Å²) in [6, 6.07) is 11.1. The van der Waals surface area contributed by atoms with Gasteiger partial charge in [0.2, 0.25) is 0 Å². The lowest BCUT2D eigenvalue weighted by Gasteiger charge is -2.11. The van der Waals surface area contributed by atoms with E-state index < -0.39 is 5.97 Å². The molecule has 2 aromatic carbocycles. The third-order valence-electron chi connectivity index (χ3n) is 2.94. The summed E-state index contributed by atoms with van der Waals surface area (Å²) in [4.78, 5) is 24.0. The Hall–Kier alpha value is -2.04. The number of carbonyl (C=O) groups is 2. The smallest absolute Gasteiger partial charge is 0.344 e. The van der Waals surface area contributed by atoms with Crippen molar-refractivity contribution in [3.63, 3.8) is 0 Å². The fourth-order valence-electron chi connectivity index (χ4n) is 1.90. The Bertz CT molecular complexity index is 711. The van der Waals surface area contributed by atoms with Gasteiger partial charge in [-0.05, 0) is 49.4 Å². The molecule has 0 N–H and O–H groups in total. The van der Waals surface area contributed by atoms with E-state index in [1.165, 1.54) is 6.07 Å². The first-order chi connectivity index (χ1) is 11.0. The highest BCUT2D eigenvalue weighted by molar-refractivity contribution is 6.31. The van der Waals surface area contributed by atoms with Gasteiger partial charge in [0.05, 0.1) is 12.2 Å². The normalized spacial score (nSPS) is 10.2. The van der Waals surface area contributed by atoms with Crippen LogP contribution in [-0.4, -0.2) is 25.0 Å². The predicted molar refractivity (Wildman–Crippen MR) is 88.5 cm³/mol. The second-order valence-corrected chi connectivity index (χ2v) is 5.44. The number of carbonyl (C=O) groups excluding carboxylic acids is 2. The van der Waals surface area contributed by atoms with Crippen LogP contribution in [0.25, 0.3) is 0 Å². The summed E-state index contributed by atoms with van der Waals surface area (Å²) < 4.78 is 10.2. The first-order valence-corrected chi connectivity index (χ1v) is 7.65. The second kappa shape index (κ2) is 7.99. The van der Waals surface area contributed by atoms with Crippen LogP contribution in [0.5, 0.6) is 5.75 Å². The molecular formula is C17H14Cl2O4. The zero-order valence-electron chi connectivity index (χ0n) is 12.3. The molecule has 0 unspecified atom stereocenters. The van der Waals surface area contributed by atoms with Crippen molar-refractivity contribution in [3.05, 3.63) is 63.6 Å². The third-order valence-corrected chi connectivity index (χ3v) is 3.43. The number of rotatable bonds is 6. The summed E-state index contributed by atoms with van der Waals surface area (Å²) >= 11 is 11.8. The highest BCUT2D eigenvalue weighted by atomic mass is 35.5. The molecule has 4 nitrogen and oxygen atoms in total. The molecule has 0 aliphatic rings. The molecule has 2 aromatic rings. The van der Waals surface area contributed by atoms with Gasteiger partial charge in [0.1, 0.15) is 5.75 Å². The standard InChI is InChI=1S/C17H14Cl2O4/c1-2-22-16(20)10-23-15-8-7-13(19)9-14(15)17(21)11-3-5-12(18)6-4-11/h3-9H,2,10H2,1H3. The molecule has 0 atom stereocenters. The molecule has 0 aliphatic carbocycles. The number of halogens is 2. The Balaban J connectivity index is 2.26. The highest BCUT2D eigenvalue weighted by Crippen LogP contribution is 2.26. The van der Waals surface area contributed by atoms with Gasteiger partial charge < -0.3 is 9.47 Å². The Morgan fingerprint density at radius 2 is 1.65 bits per heavy atom. The summed E-state index contributed by atoms with van der Waals surface area (Å²) in [5.41, 5.74) is 0.710. The molecule has 0 aliphatic heterocycles. The van der Waals surface area contributed by atoms with E-state index in [0.29, 0.717) is 15.6 Å². The van der Waals surface area contributed by atoms with Crippen LogP contribution in [0.15, 0.2) is 42.5 Å². The highest BCUT2D eigenvalue weighted by Gasteiger charge is 2.16. The van der Waals surface area contributed by atoms with Crippen LogP contribution < -0.4 is 4.74 Å². The summed E-state index contributed by atoms with van der Waals surface area (Å²) in [7, 11) is 0. The van der Waals surface area contributed by atoms with Gasteiger partial charge in [0.15, 0.2) is 12.4 Å². The number of benzene rings is 2. The van der Waals surface area contributed by atoms with Crippen LogP contribution in [0, 0.1) is 0 Å². The Morgan fingerprint density at radius 1 is 1.00 bits per heavy atom. The lowest BCUT2D eigenvalue weighted by molar-refractivity contribution is -0.145. The molecule has 2 rings (SSSR count). The quantitative estimate of drug-likeness (QED) is 0.578. The SMILES string of the molecule is CCOC(=O)COc1ccc(Cl)cc1C(=O)c1ccc(Cl)cc1. The van der Waals surface area contributed by atoms with Gasteiger partial charge in [-0.15, -0.1) is 0 Å². The Morgan fingerprint density at radius 3 is 2.30 bits per heavy atom. The van der Waals surface area contributed by atoms with Gasteiger partial charge in [0.25, 0.3) is 0 Å². The first kappa shape index (κ1) is 17.3. The lowest BCUT2D eigenvalue weighted by atomic mass is 10.0. The molecule has 0 saturated carbocycles. The van der Waals surface area contributed by atoms with E-state index in [1.807, 2.05) is 0 Å². The van der Waals surface area contributed by atoms with Crippen molar-refractivity contribution in [2.45, 2.75) is 6.92 Å². The van der Waals surface area contributed by atoms with Gasteiger partial charge in [-0.2, -0.15) is 0 Å². The van der Waals surface area contributed by atoms with Crippen molar-refractivity contribution in [2.75, 3.05) is 13.2 Å². The van der Waals surface area contributed by atoms with Crippen molar-refractivity contribution in [1.29, 1.82) is 0 Å². The van der Waals surface area contributed by atoms with Crippen molar-refractivity contribution < 1.29 is 19.1 Å². The Kier molecular flexibility index (Phi) is 6.02. The molecule has 0 spiro atoms. The molecule has 0 amide bonds. The van der Waals surface area contributed by atoms with Gasteiger partial charge in [-0.1, -0.05) is 23.2 Å². The summed E-state index contributed by atoms with van der Waals surface area (Å²) in [5.74, 6) is -0.516. The summed E-state index contributed by atoms with van der Waals surface area (Å²) in [6.45, 7) is 1.69. The fourth-order valence-corrected chi connectivity index (χ4v) is 2.20. The van der Waals surface area contributed by atoms with Gasteiger partial charge in [0, 0.05) is 15.6 Å². The number of hydrogen-bond acceptors (Lipinski definition) is 4. The molecule has 0 heterocycles. The summed E-state index contributed by atoms with van der Waals surface area (Å²) in [6.07, 6.45) is 0. The van der Waals surface area contributed by atoms with E-state index >= 15 is 0 Å². The van der Waals surface area contributed by atoms with E-state index in [0.717, 1.165) is 0 Å². The zero-order valence-corrected chi connectivity index (χ0v) is 13.9. The van der Waals surface area contributed by atoms with Crippen LogP contribution in [0.4, 0.5) is 0 Å². The number of ketones is 1. The topological polar surface area (TPSA) is 52.6 Å². The van der Waals surface area contributed by atoms with E-state index in [2.05, 4.69) is 0 Å². The van der Waals surface area contributed by atoms with E-state index in [4.69, 9.17) is 32.7 Å². The van der Waals surface area contributed by atoms with Crippen LogP contribution in [0.2, 0.25) is 10.0 Å². The van der Waals surface area contributed by atoms with E-state index in [-0.39, 0.29) is 30.3 Å². The predicted octanol–water partition coefficient (Wildman–Crippen LogP) is 4.17. The Labute approximate surface area is 143 Å². The molecular weight excluding hydrogens is 339 g/mol. The first-order valence-electron chi connectivity index (χ1n) is 6.89. The molecule has 0 fully saturated rings. The largest absolute Gasteiger partial charge is 0.481 e. The van der Waals surface area contributed by atoms with E-state index in [9.17, 15) is 9.59 Å². The van der Waals surface area contributed by atoms with Gasteiger partial charge >= 0.3 is 5.97 Å². The van der Waals surface area contributed by atoms with Crippen molar-refractivity contribution in [1.82, 2.24) is 0 Å². The minimum absolute atomic E-state index is 0.263. The maximum atomic E-state index is 12.6. The maximum absolute atomic E-state index is 12.6. The zero-order chi connectivity index (χ0) is 16.8. The molecule has 120 valence electrons. The maximum Gasteiger partial charge on any atom is 0.344 e. The summed E-state index contributed by atoms with van der Waals surface area (Å²) in [5, 5.41) is 0.928. The van der Waals surface area contributed by atoms with Crippen LogP contribution >= 0.6 is 23.2 Å².